The number of carboxylic acid groups (broad SMARTS) is 1. The van der Waals surface area contributed by atoms with Crippen molar-refractivity contribution in [2.24, 2.45) is 11.8 Å². The van der Waals surface area contributed by atoms with E-state index < -0.39 is 5.97 Å². The molecule has 0 amide bonds. The van der Waals surface area contributed by atoms with Gasteiger partial charge in [-0.25, -0.2) is 0 Å². The van der Waals surface area contributed by atoms with E-state index in [2.05, 4.69) is 20.8 Å². The van der Waals surface area contributed by atoms with Gasteiger partial charge >= 0.3 is 5.97 Å². The molecule has 0 saturated carbocycles. The van der Waals surface area contributed by atoms with Crippen LogP contribution in [-0.4, -0.2) is 11.1 Å². The van der Waals surface area contributed by atoms with Gasteiger partial charge in [0.05, 0.1) is 0 Å². The number of carbonyl (C=O) groups is 1. The fraction of sp³-hybridized carbons (Fsp3) is 0.967. The average Bonchev–Trinajstić information content (AvgIpc) is 2.78. The molecule has 0 heterocycles. The van der Waals surface area contributed by atoms with Crippen LogP contribution in [0.5, 0.6) is 0 Å². The first-order chi connectivity index (χ1) is 15.7. The van der Waals surface area contributed by atoms with Gasteiger partial charge in [0, 0.05) is 6.42 Å². The lowest BCUT2D eigenvalue weighted by molar-refractivity contribution is -0.137. The van der Waals surface area contributed by atoms with E-state index in [1.807, 2.05) is 0 Å². The minimum Gasteiger partial charge on any atom is -0.481 e. The number of unbranched alkanes of at least 4 members (excludes halogenated alkanes) is 16. The third-order valence-electron chi connectivity index (χ3n) is 7.43. The van der Waals surface area contributed by atoms with Crippen molar-refractivity contribution < 1.29 is 9.90 Å². The molecule has 0 fully saturated rings. The van der Waals surface area contributed by atoms with E-state index in [1.165, 1.54) is 141 Å². The second-order valence-corrected chi connectivity index (χ2v) is 10.5. The summed E-state index contributed by atoms with van der Waals surface area (Å²) in [5.74, 6) is 0.783. The highest BCUT2D eigenvalue weighted by molar-refractivity contribution is 5.66. The topological polar surface area (TPSA) is 37.3 Å². The summed E-state index contributed by atoms with van der Waals surface area (Å²) in [6.07, 6.45) is 31.1. The number of carboxylic acids is 1. The zero-order chi connectivity index (χ0) is 23.7. The van der Waals surface area contributed by atoms with Crippen LogP contribution in [0.15, 0.2) is 0 Å². The first-order valence-electron chi connectivity index (χ1n) is 14.9. The van der Waals surface area contributed by atoms with Crippen LogP contribution in [0.2, 0.25) is 0 Å². The van der Waals surface area contributed by atoms with Crippen LogP contribution in [0.3, 0.4) is 0 Å². The molecule has 2 heteroatoms. The monoisotopic (exact) mass is 452 g/mol. The Balaban J connectivity index is 4.50. The molecule has 0 saturated heterocycles. The molecule has 1 N–H and O–H groups in total. The molecule has 0 spiro atoms. The maximum absolute atomic E-state index is 11.3. The summed E-state index contributed by atoms with van der Waals surface area (Å²) in [5.41, 5.74) is 0. The van der Waals surface area contributed by atoms with E-state index in [0.29, 0.717) is 12.3 Å². The Hall–Kier alpha value is -0.530. The molecule has 2 nitrogen and oxygen atoms in total. The third-order valence-corrected chi connectivity index (χ3v) is 7.43. The third kappa shape index (κ3) is 21.3. The minimum absolute atomic E-state index is 0.365. The molecule has 0 aliphatic carbocycles. The zero-order valence-corrected chi connectivity index (χ0v) is 22.5. The minimum atomic E-state index is -0.605. The fourth-order valence-corrected chi connectivity index (χ4v) is 5.28. The summed E-state index contributed by atoms with van der Waals surface area (Å²) in [4.78, 5) is 11.3. The molecule has 0 aromatic carbocycles. The van der Waals surface area contributed by atoms with Crippen molar-refractivity contribution in [2.75, 3.05) is 0 Å². The lowest BCUT2D eigenvalue weighted by Gasteiger charge is -2.27. The molecular weight excluding hydrogens is 392 g/mol. The summed E-state index contributed by atoms with van der Waals surface area (Å²) in [5, 5.41) is 9.32. The van der Waals surface area contributed by atoms with Crippen molar-refractivity contribution in [2.45, 2.75) is 175 Å². The number of hydrogen-bond acceptors (Lipinski definition) is 1. The molecule has 0 aliphatic heterocycles. The second-order valence-electron chi connectivity index (χ2n) is 10.5. The van der Waals surface area contributed by atoms with Gasteiger partial charge in [0.15, 0.2) is 0 Å². The van der Waals surface area contributed by atoms with Gasteiger partial charge in [0.1, 0.15) is 0 Å². The Morgan fingerprint density at radius 3 is 1.09 bits per heavy atom. The highest BCUT2D eigenvalue weighted by atomic mass is 16.4. The summed E-state index contributed by atoms with van der Waals surface area (Å²) < 4.78 is 0. The van der Waals surface area contributed by atoms with Gasteiger partial charge in [-0.05, 0) is 18.3 Å². The number of aliphatic carboxylic acids is 1. The van der Waals surface area contributed by atoms with Gasteiger partial charge in [0.2, 0.25) is 0 Å². The highest BCUT2D eigenvalue weighted by Gasteiger charge is 2.21. The van der Waals surface area contributed by atoms with Crippen molar-refractivity contribution in [1.82, 2.24) is 0 Å². The summed E-state index contributed by atoms with van der Waals surface area (Å²) in [6, 6.07) is 0. The maximum Gasteiger partial charge on any atom is 0.303 e. The van der Waals surface area contributed by atoms with Gasteiger partial charge in [-0.2, -0.15) is 0 Å². The Morgan fingerprint density at radius 2 is 0.750 bits per heavy atom. The molecule has 0 aliphatic rings. The average molecular weight is 453 g/mol. The van der Waals surface area contributed by atoms with Crippen molar-refractivity contribution in [3.63, 3.8) is 0 Å². The standard InChI is InChI=1S/C30H60O2/c1-4-7-10-13-15-17-19-22-25-29(26-27-30(31)32)28(23-20-12-9-6-3)24-21-18-16-14-11-8-5-2/h28-29H,4-27H2,1-3H3,(H,31,32). The van der Waals surface area contributed by atoms with Crippen molar-refractivity contribution in [3.8, 4) is 0 Å². The molecule has 2 unspecified atom stereocenters. The van der Waals surface area contributed by atoms with Crippen LogP contribution < -0.4 is 0 Å². The first kappa shape index (κ1) is 31.5. The Kier molecular flexibility index (Phi) is 24.7. The number of hydrogen-bond donors (Lipinski definition) is 1. The fourth-order valence-electron chi connectivity index (χ4n) is 5.28. The van der Waals surface area contributed by atoms with Gasteiger partial charge < -0.3 is 5.11 Å². The molecule has 2 atom stereocenters. The molecule has 192 valence electrons. The van der Waals surface area contributed by atoms with E-state index in [1.54, 1.807) is 0 Å². The number of rotatable bonds is 26. The van der Waals surface area contributed by atoms with E-state index in [9.17, 15) is 9.90 Å². The van der Waals surface area contributed by atoms with Crippen LogP contribution in [-0.2, 0) is 4.79 Å². The maximum atomic E-state index is 11.3. The van der Waals surface area contributed by atoms with Crippen LogP contribution in [0.4, 0.5) is 0 Å². The van der Waals surface area contributed by atoms with E-state index >= 15 is 0 Å². The highest BCUT2D eigenvalue weighted by Crippen LogP contribution is 2.33. The normalized spacial score (nSPS) is 13.3. The van der Waals surface area contributed by atoms with Crippen molar-refractivity contribution >= 4 is 5.97 Å². The second kappa shape index (κ2) is 25.1. The zero-order valence-electron chi connectivity index (χ0n) is 22.5. The van der Waals surface area contributed by atoms with Crippen molar-refractivity contribution in [3.05, 3.63) is 0 Å². The Labute approximate surface area is 202 Å². The quantitative estimate of drug-likeness (QED) is 0.132. The van der Waals surface area contributed by atoms with E-state index in [4.69, 9.17) is 0 Å². The predicted molar refractivity (Wildman–Crippen MR) is 142 cm³/mol. The lowest BCUT2D eigenvalue weighted by Crippen LogP contribution is -2.17. The summed E-state index contributed by atoms with van der Waals surface area (Å²) >= 11 is 0. The smallest absolute Gasteiger partial charge is 0.303 e. The Morgan fingerprint density at radius 1 is 0.469 bits per heavy atom. The van der Waals surface area contributed by atoms with Crippen LogP contribution in [0, 0.1) is 11.8 Å². The molecule has 0 aromatic rings. The molecule has 32 heavy (non-hydrogen) atoms. The molecule has 0 aromatic heterocycles. The van der Waals surface area contributed by atoms with E-state index in [0.717, 1.165) is 12.3 Å². The molecular formula is C30H60O2. The van der Waals surface area contributed by atoms with Crippen LogP contribution >= 0.6 is 0 Å². The SMILES string of the molecule is CCCCCCCCCCC(CCC(=O)O)C(CCCCCC)CCCCCCCCC. The molecule has 0 rings (SSSR count). The first-order valence-corrected chi connectivity index (χ1v) is 14.9. The predicted octanol–water partition coefficient (Wildman–Crippen LogP) is 10.7. The van der Waals surface area contributed by atoms with Crippen LogP contribution in [0.25, 0.3) is 0 Å². The van der Waals surface area contributed by atoms with Gasteiger partial charge in [0.25, 0.3) is 0 Å². The Bertz CT molecular complexity index is 379. The summed E-state index contributed by atoms with van der Waals surface area (Å²) in [7, 11) is 0. The summed E-state index contributed by atoms with van der Waals surface area (Å²) in [6.45, 7) is 6.85. The lowest BCUT2D eigenvalue weighted by atomic mass is 9.78. The van der Waals surface area contributed by atoms with Gasteiger partial charge in [-0.15, -0.1) is 0 Å². The van der Waals surface area contributed by atoms with E-state index in [-0.39, 0.29) is 0 Å². The largest absolute Gasteiger partial charge is 0.481 e. The van der Waals surface area contributed by atoms with Crippen molar-refractivity contribution in [1.29, 1.82) is 0 Å². The molecule has 0 radical (unpaired) electrons. The van der Waals surface area contributed by atoms with Gasteiger partial charge in [-0.1, -0.05) is 162 Å². The molecule has 0 bridgehead atoms. The van der Waals surface area contributed by atoms with Gasteiger partial charge in [-0.3, -0.25) is 4.79 Å². The van der Waals surface area contributed by atoms with Crippen LogP contribution in [0.1, 0.15) is 175 Å².